The summed E-state index contributed by atoms with van der Waals surface area (Å²) in [5.74, 6) is 1.24. The SMILES string of the molecule is CC(C)CNC(=O)C(C)Sc1nnc(-c2cccs2)n1-c1ccccc1. The normalized spacial score (nSPS) is 12.3. The standard InChI is InChI=1S/C19H22N4OS2/c1-13(2)12-20-18(24)14(3)26-19-22-21-17(16-10-7-11-25-16)23(19)15-8-5-4-6-9-15/h4-11,13-14H,12H2,1-3H3,(H,20,24). The Morgan fingerprint density at radius 2 is 1.92 bits per heavy atom. The Morgan fingerprint density at radius 1 is 1.15 bits per heavy atom. The van der Waals surface area contributed by atoms with E-state index in [1.807, 2.05) is 59.3 Å². The monoisotopic (exact) mass is 386 g/mol. The first-order chi connectivity index (χ1) is 12.6. The molecule has 136 valence electrons. The van der Waals surface area contributed by atoms with Crippen molar-refractivity contribution in [1.82, 2.24) is 20.1 Å². The van der Waals surface area contributed by atoms with E-state index in [0.717, 1.165) is 16.4 Å². The van der Waals surface area contributed by atoms with Crippen molar-refractivity contribution >= 4 is 29.0 Å². The molecule has 1 atom stereocenters. The van der Waals surface area contributed by atoms with Crippen molar-refractivity contribution in [3.8, 4) is 16.4 Å². The van der Waals surface area contributed by atoms with E-state index < -0.39 is 0 Å². The molecule has 1 amide bonds. The number of hydrogen-bond donors (Lipinski definition) is 1. The van der Waals surface area contributed by atoms with Gasteiger partial charge in [0, 0.05) is 12.2 Å². The summed E-state index contributed by atoms with van der Waals surface area (Å²) in [4.78, 5) is 13.4. The molecule has 0 radical (unpaired) electrons. The third kappa shape index (κ3) is 4.34. The summed E-state index contributed by atoms with van der Waals surface area (Å²) in [7, 11) is 0. The number of benzene rings is 1. The number of nitrogens with zero attached hydrogens (tertiary/aromatic N) is 3. The molecule has 0 aliphatic rings. The van der Waals surface area contributed by atoms with Crippen molar-refractivity contribution in [1.29, 1.82) is 0 Å². The maximum atomic E-state index is 12.3. The molecule has 3 aromatic rings. The molecule has 0 saturated heterocycles. The van der Waals surface area contributed by atoms with Crippen LogP contribution in [0.25, 0.3) is 16.4 Å². The zero-order valence-electron chi connectivity index (χ0n) is 15.0. The number of nitrogens with one attached hydrogen (secondary N) is 1. The Balaban J connectivity index is 1.89. The Kier molecular flexibility index (Phi) is 6.11. The average molecular weight is 387 g/mol. The number of rotatable bonds is 7. The summed E-state index contributed by atoms with van der Waals surface area (Å²) in [5.41, 5.74) is 0.984. The largest absolute Gasteiger partial charge is 0.355 e. The molecule has 2 aromatic heterocycles. The van der Waals surface area contributed by atoms with Crippen LogP contribution in [0.1, 0.15) is 20.8 Å². The van der Waals surface area contributed by atoms with Gasteiger partial charge in [0.2, 0.25) is 5.91 Å². The molecule has 26 heavy (non-hydrogen) atoms. The summed E-state index contributed by atoms with van der Waals surface area (Å²) in [6, 6.07) is 14.0. The van der Waals surface area contributed by atoms with Crippen molar-refractivity contribution in [3.05, 3.63) is 47.8 Å². The van der Waals surface area contributed by atoms with E-state index >= 15 is 0 Å². The van der Waals surface area contributed by atoms with E-state index in [4.69, 9.17) is 0 Å². The van der Waals surface area contributed by atoms with E-state index in [9.17, 15) is 4.79 Å². The fourth-order valence-corrected chi connectivity index (χ4v) is 3.97. The molecule has 0 aliphatic carbocycles. The molecule has 0 saturated carbocycles. The molecule has 3 rings (SSSR count). The number of amides is 1. The molecule has 0 bridgehead atoms. The fourth-order valence-electron chi connectivity index (χ4n) is 2.38. The van der Waals surface area contributed by atoms with Gasteiger partial charge in [-0.1, -0.05) is 49.9 Å². The van der Waals surface area contributed by atoms with Gasteiger partial charge < -0.3 is 5.32 Å². The number of thioether (sulfide) groups is 1. The first-order valence-corrected chi connectivity index (χ1v) is 10.3. The van der Waals surface area contributed by atoms with Crippen LogP contribution < -0.4 is 5.32 Å². The Bertz CT molecular complexity index is 844. The number of para-hydroxylation sites is 1. The zero-order chi connectivity index (χ0) is 18.5. The second kappa shape index (κ2) is 8.51. The van der Waals surface area contributed by atoms with Gasteiger partial charge in [0.15, 0.2) is 11.0 Å². The molecule has 7 heteroatoms. The lowest BCUT2D eigenvalue weighted by atomic mass is 10.2. The molecule has 0 fully saturated rings. The van der Waals surface area contributed by atoms with Crippen LogP contribution in [-0.2, 0) is 4.79 Å². The Hall–Kier alpha value is -2.12. The number of thiophene rings is 1. The minimum atomic E-state index is -0.253. The van der Waals surface area contributed by atoms with E-state index in [1.54, 1.807) is 11.3 Å². The first-order valence-electron chi connectivity index (χ1n) is 8.55. The molecule has 5 nitrogen and oxygen atoms in total. The number of hydrogen-bond acceptors (Lipinski definition) is 5. The van der Waals surface area contributed by atoms with Crippen molar-refractivity contribution < 1.29 is 4.79 Å². The van der Waals surface area contributed by atoms with Crippen LogP contribution >= 0.6 is 23.1 Å². The molecule has 1 aromatic carbocycles. The molecular formula is C19H22N4OS2. The van der Waals surface area contributed by atoms with Crippen molar-refractivity contribution in [2.24, 2.45) is 5.92 Å². The van der Waals surface area contributed by atoms with Crippen LogP contribution in [0.2, 0.25) is 0 Å². The summed E-state index contributed by atoms with van der Waals surface area (Å²) in [6.45, 7) is 6.74. The van der Waals surface area contributed by atoms with Gasteiger partial charge in [-0.05, 0) is 36.4 Å². The van der Waals surface area contributed by atoms with Crippen molar-refractivity contribution in [2.45, 2.75) is 31.2 Å². The van der Waals surface area contributed by atoms with E-state index in [-0.39, 0.29) is 11.2 Å². The van der Waals surface area contributed by atoms with Gasteiger partial charge in [0.1, 0.15) is 0 Å². The third-order valence-electron chi connectivity index (χ3n) is 3.73. The predicted octanol–water partition coefficient (Wildman–Crippen LogP) is 4.25. The lowest BCUT2D eigenvalue weighted by molar-refractivity contribution is -0.120. The quantitative estimate of drug-likeness (QED) is 0.617. The minimum Gasteiger partial charge on any atom is -0.355 e. The van der Waals surface area contributed by atoms with Crippen LogP contribution in [0.15, 0.2) is 53.0 Å². The smallest absolute Gasteiger partial charge is 0.233 e. The minimum absolute atomic E-state index is 0.0176. The van der Waals surface area contributed by atoms with Crippen LogP contribution in [0, 0.1) is 5.92 Å². The molecular weight excluding hydrogens is 364 g/mol. The maximum absolute atomic E-state index is 12.3. The van der Waals surface area contributed by atoms with Gasteiger partial charge >= 0.3 is 0 Å². The molecule has 0 spiro atoms. The van der Waals surface area contributed by atoms with Gasteiger partial charge in [-0.15, -0.1) is 21.5 Å². The molecule has 1 N–H and O–H groups in total. The Morgan fingerprint density at radius 3 is 2.58 bits per heavy atom. The van der Waals surface area contributed by atoms with Gasteiger partial charge in [0.05, 0.1) is 10.1 Å². The van der Waals surface area contributed by atoms with Gasteiger partial charge in [-0.25, -0.2) is 0 Å². The number of carbonyl (C=O) groups is 1. The summed E-state index contributed by atoms with van der Waals surface area (Å²) in [5, 5.41) is 14.2. The average Bonchev–Trinajstić information content (AvgIpc) is 3.29. The van der Waals surface area contributed by atoms with Crippen molar-refractivity contribution in [3.63, 3.8) is 0 Å². The van der Waals surface area contributed by atoms with E-state index in [0.29, 0.717) is 17.6 Å². The molecule has 2 heterocycles. The van der Waals surface area contributed by atoms with Gasteiger partial charge in [-0.2, -0.15) is 0 Å². The highest BCUT2D eigenvalue weighted by Crippen LogP contribution is 2.31. The van der Waals surface area contributed by atoms with Gasteiger partial charge in [0.25, 0.3) is 0 Å². The van der Waals surface area contributed by atoms with Crippen LogP contribution in [0.3, 0.4) is 0 Å². The second-order valence-corrected chi connectivity index (χ2v) is 8.61. The second-order valence-electron chi connectivity index (χ2n) is 6.35. The van der Waals surface area contributed by atoms with Crippen LogP contribution in [0.5, 0.6) is 0 Å². The van der Waals surface area contributed by atoms with E-state index in [1.165, 1.54) is 11.8 Å². The van der Waals surface area contributed by atoms with Crippen LogP contribution in [-0.4, -0.2) is 32.5 Å². The summed E-state index contributed by atoms with van der Waals surface area (Å²) < 4.78 is 2.02. The summed E-state index contributed by atoms with van der Waals surface area (Å²) >= 11 is 3.05. The lowest BCUT2D eigenvalue weighted by Crippen LogP contribution is -2.33. The first kappa shape index (κ1) is 18.7. The fraction of sp³-hybridized carbons (Fsp3) is 0.316. The predicted molar refractivity (Wildman–Crippen MR) is 108 cm³/mol. The van der Waals surface area contributed by atoms with Crippen molar-refractivity contribution in [2.75, 3.05) is 6.54 Å². The highest BCUT2D eigenvalue weighted by atomic mass is 32.2. The lowest BCUT2D eigenvalue weighted by Gasteiger charge is -2.14. The maximum Gasteiger partial charge on any atom is 0.233 e. The zero-order valence-corrected chi connectivity index (χ0v) is 16.7. The Labute approximate surface area is 161 Å². The summed E-state index contributed by atoms with van der Waals surface area (Å²) in [6.07, 6.45) is 0. The number of aromatic nitrogens is 3. The number of carbonyl (C=O) groups excluding carboxylic acids is 1. The highest BCUT2D eigenvalue weighted by Gasteiger charge is 2.22. The topological polar surface area (TPSA) is 59.8 Å². The molecule has 1 unspecified atom stereocenters. The van der Waals surface area contributed by atoms with E-state index in [2.05, 4.69) is 29.4 Å². The van der Waals surface area contributed by atoms with Gasteiger partial charge in [-0.3, -0.25) is 9.36 Å². The van der Waals surface area contributed by atoms with Crippen LogP contribution in [0.4, 0.5) is 0 Å². The third-order valence-corrected chi connectivity index (χ3v) is 5.63. The molecule has 0 aliphatic heterocycles. The highest BCUT2D eigenvalue weighted by molar-refractivity contribution is 8.00.